The Hall–Kier alpha value is -4.28. The van der Waals surface area contributed by atoms with Crippen molar-refractivity contribution in [2.45, 2.75) is 38.8 Å². The van der Waals surface area contributed by atoms with Gasteiger partial charge in [0, 0.05) is 22.3 Å². The van der Waals surface area contributed by atoms with Crippen LogP contribution in [0.2, 0.25) is 10.0 Å². The van der Waals surface area contributed by atoms with Gasteiger partial charge >= 0.3 is 0 Å². The molecule has 2 N–H and O–H groups in total. The maximum absolute atomic E-state index is 7.04. The number of nitrogens with one attached hydrogen (secondary N) is 2. The number of hydrogen-bond donors (Lipinski definition) is 2. The zero-order chi connectivity index (χ0) is 31.2. The molecular formula is C32H32Cl2N8O2. The third kappa shape index (κ3) is 5.55. The van der Waals surface area contributed by atoms with E-state index in [0.29, 0.717) is 80.5 Å². The zero-order valence-electron chi connectivity index (χ0n) is 25.3. The van der Waals surface area contributed by atoms with E-state index in [4.69, 9.17) is 42.6 Å². The monoisotopic (exact) mass is 630 g/mol. The van der Waals surface area contributed by atoms with Gasteiger partial charge in [-0.25, -0.2) is 19.9 Å². The molecule has 0 radical (unpaired) electrons. The largest absolute Gasteiger partial charge is 0.479 e. The summed E-state index contributed by atoms with van der Waals surface area (Å²) in [6.07, 6.45) is 3.34. The summed E-state index contributed by atoms with van der Waals surface area (Å²) in [4.78, 5) is 27.9. The molecule has 2 aromatic heterocycles. The van der Waals surface area contributed by atoms with E-state index in [0.717, 1.165) is 11.1 Å². The standard InChI is InChI=1S/C32H32Cl2N8O2/c1-31(2)15-37-27(41-31)25-29(43-5)39-21(13-35-25)19-11-7-9-17(23(19)33)18-10-8-12-20(24(18)34)22-14-36-26(30(40-22)44-6)28-38-16-32(3,4)42-28/h7-14H,15-16H2,1-6H3,(H,37,41)(H,38,42). The fraction of sp³-hybridized carbons (Fsp3) is 0.312. The lowest BCUT2D eigenvalue weighted by molar-refractivity contribution is 0.394. The van der Waals surface area contributed by atoms with Crippen molar-refractivity contribution in [3.8, 4) is 45.4 Å². The highest BCUT2D eigenvalue weighted by atomic mass is 35.5. The molecule has 4 aromatic rings. The van der Waals surface area contributed by atoms with E-state index in [1.165, 1.54) is 0 Å². The van der Waals surface area contributed by atoms with E-state index in [2.05, 4.69) is 58.3 Å². The highest BCUT2D eigenvalue weighted by Crippen LogP contribution is 2.42. The van der Waals surface area contributed by atoms with Crippen LogP contribution in [-0.2, 0) is 0 Å². The van der Waals surface area contributed by atoms with Gasteiger partial charge in [-0.2, -0.15) is 0 Å². The topological polar surface area (TPSA) is 119 Å². The summed E-state index contributed by atoms with van der Waals surface area (Å²) in [5.74, 6) is 2.01. The molecule has 4 heterocycles. The summed E-state index contributed by atoms with van der Waals surface area (Å²) < 4.78 is 11.2. The summed E-state index contributed by atoms with van der Waals surface area (Å²) in [5.41, 5.74) is 4.71. The van der Waals surface area contributed by atoms with E-state index in [-0.39, 0.29) is 11.1 Å². The molecule has 0 unspecified atom stereocenters. The maximum atomic E-state index is 7.04. The molecule has 226 valence electrons. The number of methoxy groups -OCH3 is 2. The fourth-order valence-corrected chi connectivity index (χ4v) is 5.76. The van der Waals surface area contributed by atoms with Gasteiger partial charge in [0.05, 0.1) is 72.2 Å². The third-order valence-corrected chi connectivity index (χ3v) is 8.15. The lowest BCUT2D eigenvalue weighted by atomic mass is 9.98. The van der Waals surface area contributed by atoms with E-state index in [1.54, 1.807) is 26.6 Å². The number of halogens is 2. The second-order valence-electron chi connectivity index (χ2n) is 11.9. The molecule has 44 heavy (non-hydrogen) atoms. The van der Waals surface area contributed by atoms with Crippen molar-refractivity contribution in [3.63, 3.8) is 0 Å². The Morgan fingerprint density at radius 2 is 1.02 bits per heavy atom. The molecule has 10 nitrogen and oxygen atoms in total. The number of benzene rings is 2. The molecule has 0 atom stereocenters. The van der Waals surface area contributed by atoms with E-state index in [1.807, 2.05) is 36.4 Å². The maximum Gasteiger partial charge on any atom is 0.244 e. The number of aliphatic imine (C=N–C) groups is 2. The third-order valence-electron chi connectivity index (χ3n) is 7.33. The zero-order valence-corrected chi connectivity index (χ0v) is 26.8. The molecular weight excluding hydrogens is 599 g/mol. The van der Waals surface area contributed by atoms with Crippen LogP contribution in [0.5, 0.6) is 11.8 Å². The van der Waals surface area contributed by atoms with Crippen LogP contribution < -0.4 is 20.1 Å². The molecule has 12 heteroatoms. The summed E-state index contributed by atoms with van der Waals surface area (Å²) in [6, 6.07) is 11.4. The van der Waals surface area contributed by atoms with Crippen LogP contribution in [0.25, 0.3) is 33.6 Å². The molecule has 0 amide bonds. The van der Waals surface area contributed by atoms with Gasteiger partial charge in [-0.05, 0) is 27.7 Å². The number of hydrogen-bond acceptors (Lipinski definition) is 10. The van der Waals surface area contributed by atoms with Crippen LogP contribution in [0.1, 0.15) is 39.1 Å². The van der Waals surface area contributed by atoms with Crippen molar-refractivity contribution in [1.82, 2.24) is 30.6 Å². The highest BCUT2D eigenvalue weighted by molar-refractivity contribution is 6.39. The molecule has 0 saturated carbocycles. The molecule has 0 aliphatic carbocycles. The first-order valence-corrected chi connectivity index (χ1v) is 14.8. The van der Waals surface area contributed by atoms with E-state index >= 15 is 0 Å². The first-order valence-electron chi connectivity index (χ1n) is 14.1. The van der Waals surface area contributed by atoms with Gasteiger partial charge in [-0.3, -0.25) is 9.98 Å². The minimum atomic E-state index is -0.163. The van der Waals surface area contributed by atoms with Crippen molar-refractivity contribution in [3.05, 3.63) is 70.2 Å². The van der Waals surface area contributed by atoms with E-state index < -0.39 is 0 Å². The first kappa shape index (κ1) is 29.8. The Balaban J connectivity index is 1.35. The van der Waals surface area contributed by atoms with Gasteiger partial charge < -0.3 is 20.1 Å². The smallest absolute Gasteiger partial charge is 0.244 e. The number of nitrogens with zero attached hydrogens (tertiary/aromatic N) is 6. The molecule has 0 saturated heterocycles. The number of aromatic nitrogens is 4. The number of ether oxygens (including phenoxy) is 2. The van der Waals surface area contributed by atoms with Crippen molar-refractivity contribution in [2.24, 2.45) is 9.98 Å². The average molecular weight is 632 g/mol. The molecule has 6 rings (SSSR count). The Morgan fingerprint density at radius 1 is 0.636 bits per heavy atom. The predicted octanol–water partition coefficient (Wildman–Crippen LogP) is 5.85. The Kier molecular flexibility index (Phi) is 7.67. The molecule has 0 spiro atoms. The summed E-state index contributed by atoms with van der Waals surface area (Å²) in [5, 5.41) is 7.70. The molecule has 0 fully saturated rings. The van der Waals surface area contributed by atoms with Gasteiger partial charge in [-0.15, -0.1) is 0 Å². The van der Waals surface area contributed by atoms with Gasteiger partial charge in [0.1, 0.15) is 0 Å². The normalized spacial score (nSPS) is 16.5. The summed E-state index contributed by atoms with van der Waals surface area (Å²) in [7, 11) is 3.12. The minimum Gasteiger partial charge on any atom is -0.479 e. The van der Waals surface area contributed by atoms with Crippen LogP contribution in [0.3, 0.4) is 0 Å². The van der Waals surface area contributed by atoms with Gasteiger partial charge in [-0.1, -0.05) is 59.6 Å². The SMILES string of the molecule is COc1nc(-c2cccc(-c3cccc(-c4cnc(C5=NCC(C)(C)N5)c(OC)n4)c3Cl)c2Cl)cnc1C1=NCC(C)(C)N1. The van der Waals surface area contributed by atoms with Crippen molar-refractivity contribution < 1.29 is 9.47 Å². The Labute approximate surface area is 266 Å². The Morgan fingerprint density at radius 3 is 1.36 bits per heavy atom. The summed E-state index contributed by atoms with van der Waals surface area (Å²) >= 11 is 14.1. The van der Waals surface area contributed by atoms with Crippen molar-refractivity contribution in [1.29, 1.82) is 0 Å². The van der Waals surface area contributed by atoms with Gasteiger partial charge in [0.2, 0.25) is 11.8 Å². The minimum absolute atomic E-state index is 0.163. The van der Waals surface area contributed by atoms with Crippen molar-refractivity contribution in [2.75, 3.05) is 27.3 Å². The van der Waals surface area contributed by atoms with Gasteiger partial charge in [0.25, 0.3) is 0 Å². The Bertz CT molecular complexity index is 1700. The first-order chi connectivity index (χ1) is 21.0. The van der Waals surface area contributed by atoms with Crippen LogP contribution in [0.15, 0.2) is 58.8 Å². The number of amidine groups is 2. The molecule has 0 bridgehead atoms. The highest BCUT2D eigenvalue weighted by Gasteiger charge is 2.30. The van der Waals surface area contributed by atoms with Crippen LogP contribution in [0, 0.1) is 0 Å². The van der Waals surface area contributed by atoms with Crippen molar-refractivity contribution >= 4 is 34.9 Å². The average Bonchev–Trinajstić information content (AvgIpc) is 3.57. The number of rotatable bonds is 7. The quantitative estimate of drug-likeness (QED) is 0.261. The van der Waals surface area contributed by atoms with E-state index in [9.17, 15) is 0 Å². The van der Waals surface area contributed by atoms with Crippen LogP contribution >= 0.6 is 23.2 Å². The molecule has 2 aromatic carbocycles. The lowest BCUT2D eigenvalue weighted by Crippen LogP contribution is -2.40. The summed E-state index contributed by atoms with van der Waals surface area (Å²) in [6.45, 7) is 9.57. The van der Waals surface area contributed by atoms with Crippen LogP contribution in [-0.4, -0.2) is 70.0 Å². The fourth-order valence-electron chi connectivity index (χ4n) is 5.11. The molecule has 2 aliphatic heterocycles. The second-order valence-corrected chi connectivity index (χ2v) is 12.7. The van der Waals surface area contributed by atoms with Crippen LogP contribution in [0.4, 0.5) is 0 Å². The van der Waals surface area contributed by atoms with Gasteiger partial charge in [0.15, 0.2) is 23.1 Å². The second kappa shape index (κ2) is 11.3. The molecule has 2 aliphatic rings. The predicted molar refractivity (Wildman–Crippen MR) is 174 cm³/mol. The lowest BCUT2D eigenvalue weighted by Gasteiger charge is -2.19.